The summed E-state index contributed by atoms with van der Waals surface area (Å²) in [4.78, 5) is 9.33. The van der Waals surface area contributed by atoms with Gasteiger partial charge in [-0.15, -0.1) is 0 Å². The number of morpholine rings is 1. The molecule has 2 aliphatic rings. The van der Waals surface area contributed by atoms with Crippen LogP contribution in [-0.4, -0.2) is 54.6 Å². The molecular weight excluding hydrogens is 312 g/mol. The first kappa shape index (κ1) is 18.2. The standard InChI is InChI=1S/C20H32N4O/c1-16-5-4-8-24(13-16)20(21)22-12-18-6-3-7-19(11-18)15-23-9-10-25-17(2)14-23/h3,6-7,11,16-17H,4-5,8-10,12-15H2,1-2H3,(H2,21,22). The SMILES string of the molecule is CC1CCCN(C(N)=NCc2cccc(CN3CCOC(C)C3)c2)C1. The summed E-state index contributed by atoms with van der Waals surface area (Å²) in [5.74, 6) is 1.40. The van der Waals surface area contributed by atoms with E-state index in [4.69, 9.17) is 10.5 Å². The maximum absolute atomic E-state index is 6.22. The normalized spacial score (nSPS) is 26.0. The molecule has 0 aromatic heterocycles. The van der Waals surface area contributed by atoms with E-state index in [2.05, 4.69) is 52.9 Å². The maximum Gasteiger partial charge on any atom is 0.191 e. The molecule has 0 radical (unpaired) electrons. The van der Waals surface area contributed by atoms with Gasteiger partial charge >= 0.3 is 0 Å². The lowest BCUT2D eigenvalue weighted by Crippen LogP contribution is -2.43. The number of nitrogens with zero attached hydrogens (tertiary/aromatic N) is 3. The third kappa shape index (κ3) is 5.44. The first-order chi connectivity index (χ1) is 12.1. The Hall–Kier alpha value is -1.59. The molecule has 5 heteroatoms. The van der Waals surface area contributed by atoms with Crippen molar-refractivity contribution in [2.75, 3.05) is 32.8 Å². The molecule has 138 valence electrons. The van der Waals surface area contributed by atoms with Crippen molar-refractivity contribution < 1.29 is 4.74 Å². The molecule has 0 aliphatic carbocycles. The van der Waals surface area contributed by atoms with E-state index >= 15 is 0 Å². The Bertz CT molecular complexity index is 589. The predicted octanol–water partition coefficient (Wildman–Crippen LogP) is 2.45. The van der Waals surface area contributed by atoms with E-state index in [1.165, 1.54) is 24.0 Å². The zero-order chi connectivity index (χ0) is 17.6. The highest BCUT2D eigenvalue weighted by Gasteiger charge is 2.18. The van der Waals surface area contributed by atoms with Crippen molar-refractivity contribution in [1.82, 2.24) is 9.80 Å². The minimum absolute atomic E-state index is 0.327. The lowest BCUT2D eigenvalue weighted by molar-refractivity contribution is -0.0212. The van der Waals surface area contributed by atoms with Crippen molar-refractivity contribution in [1.29, 1.82) is 0 Å². The molecule has 5 nitrogen and oxygen atoms in total. The van der Waals surface area contributed by atoms with Gasteiger partial charge in [0.1, 0.15) is 0 Å². The third-order valence-corrected chi connectivity index (χ3v) is 5.13. The molecule has 1 aromatic rings. The fourth-order valence-corrected chi connectivity index (χ4v) is 3.79. The monoisotopic (exact) mass is 344 g/mol. The van der Waals surface area contributed by atoms with Gasteiger partial charge in [-0.1, -0.05) is 31.2 Å². The van der Waals surface area contributed by atoms with Gasteiger partial charge in [-0.25, -0.2) is 4.99 Å². The molecule has 0 spiro atoms. The van der Waals surface area contributed by atoms with Gasteiger partial charge in [0.15, 0.2) is 5.96 Å². The number of piperidine rings is 1. The van der Waals surface area contributed by atoms with E-state index in [1.807, 2.05) is 0 Å². The molecule has 0 amide bonds. The highest BCUT2D eigenvalue weighted by Crippen LogP contribution is 2.16. The van der Waals surface area contributed by atoms with Crippen LogP contribution in [0.3, 0.4) is 0 Å². The smallest absolute Gasteiger partial charge is 0.191 e. The van der Waals surface area contributed by atoms with Crippen molar-refractivity contribution in [2.24, 2.45) is 16.6 Å². The Morgan fingerprint density at radius 1 is 1.24 bits per heavy atom. The minimum atomic E-state index is 0.327. The van der Waals surface area contributed by atoms with Crippen LogP contribution in [0, 0.1) is 5.92 Å². The van der Waals surface area contributed by atoms with Crippen molar-refractivity contribution in [3.8, 4) is 0 Å². The van der Waals surface area contributed by atoms with Gasteiger partial charge in [0, 0.05) is 32.7 Å². The van der Waals surface area contributed by atoms with E-state index in [1.54, 1.807) is 0 Å². The van der Waals surface area contributed by atoms with Gasteiger partial charge in [-0.05, 0) is 36.8 Å². The Morgan fingerprint density at radius 2 is 2.08 bits per heavy atom. The van der Waals surface area contributed by atoms with Crippen LogP contribution in [0.15, 0.2) is 29.3 Å². The molecule has 2 N–H and O–H groups in total. The fraction of sp³-hybridized carbons (Fsp3) is 0.650. The Morgan fingerprint density at radius 3 is 2.88 bits per heavy atom. The van der Waals surface area contributed by atoms with E-state index in [0.717, 1.165) is 39.3 Å². The molecule has 3 rings (SSSR count). The van der Waals surface area contributed by atoms with Crippen molar-refractivity contribution in [3.63, 3.8) is 0 Å². The van der Waals surface area contributed by atoms with Gasteiger partial charge in [0.2, 0.25) is 0 Å². The predicted molar refractivity (Wildman–Crippen MR) is 102 cm³/mol. The number of hydrogen-bond donors (Lipinski definition) is 1. The zero-order valence-corrected chi connectivity index (χ0v) is 15.7. The van der Waals surface area contributed by atoms with Gasteiger partial charge in [-0.3, -0.25) is 4.90 Å². The number of aliphatic imine (C=N–C) groups is 1. The Balaban J connectivity index is 1.56. The molecule has 1 aromatic carbocycles. The van der Waals surface area contributed by atoms with Crippen molar-refractivity contribution in [3.05, 3.63) is 35.4 Å². The number of benzene rings is 1. The van der Waals surface area contributed by atoms with Gasteiger partial charge in [-0.2, -0.15) is 0 Å². The van der Waals surface area contributed by atoms with Crippen LogP contribution in [0.1, 0.15) is 37.8 Å². The highest BCUT2D eigenvalue weighted by atomic mass is 16.5. The zero-order valence-electron chi connectivity index (χ0n) is 15.7. The fourth-order valence-electron chi connectivity index (χ4n) is 3.79. The Labute approximate surface area is 151 Å². The van der Waals surface area contributed by atoms with Crippen LogP contribution in [0.4, 0.5) is 0 Å². The van der Waals surface area contributed by atoms with Crippen LogP contribution in [0.25, 0.3) is 0 Å². The van der Waals surface area contributed by atoms with Crippen LogP contribution in [-0.2, 0) is 17.8 Å². The summed E-state index contributed by atoms with van der Waals surface area (Å²) in [5, 5.41) is 0. The lowest BCUT2D eigenvalue weighted by Gasteiger charge is -2.31. The van der Waals surface area contributed by atoms with E-state index in [9.17, 15) is 0 Å². The van der Waals surface area contributed by atoms with E-state index in [-0.39, 0.29) is 0 Å². The van der Waals surface area contributed by atoms with Crippen LogP contribution in [0.2, 0.25) is 0 Å². The van der Waals surface area contributed by atoms with Gasteiger partial charge < -0.3 is 15.4 Å². The van der Waals surface area contributed by atoms with Crippen LogP contribution < -0.4 is 5.73 Å². The Kier molecular flexibility index (Phi) is 6.32. The molecule has 2 aliphatic heterocycles. The molecule has 2 heterocycles. The first-order valence-corrected chi connectivity index (χ1v) is 9.57. The second-order valence-corrected chi connectivity index (χ2v) is 7.60. The summed E-state index contributed by atoms with van der Waals surface area (Å²) in [5.41, 5.74) is 8.78. The lowest BCUT2D eigenvalue weighted by atomic mass is 10.0. The molecular formula is C20H32N4O. The summed E-state index contributed by atoms with van der Waals surface area (Å²) in [6.07, 6.45) is 2.84. The summed E-state index contributed by atoms with van der Waals surface area (Å²) >= 11 is 0. The largest absolute Gasteiger partial charge is 0.376 e. The minimum Gasteiger partial charge on any atom is -0.376 e. The van der Waals surface area contributed by atoms with Crippen molar-refractivity contribution >= 4 is 5.96 Å². The summed E-state index contributed by atoms with van der Waals surface area (Å²) in [6.45, 7) is 11.0. The molecule has 0 saturated carbocycles. The topological polar surface area (TPSA) is 54.1 Å². The number of likely N-dealkylation sites (tertiary alicyclic amines) is 1. The van der Waals surface area contributed by atoms with Gasteiger partial charge in [0.25, 0.3) is 0 Å². The second-order valence-electron chi connectivity index (χ2n) is 7.60. The average Bonchev–Trinajstić information content (AvgIpc) is 2.60. The molecule has 2 atom stereocenters. The number of hydrogen-bond acceptors (Lipinski definition) is 3. The average molecular weight is 345 g/mol. The summed E-state index contributed by atoms with van der Waals surface area (Å²) in [7, 11) is 0. The second kappa shape index (κ2) is 8.68. The maximum atomic E-state index is 6.22. The van der Waals surface area contributed by atoms with Gasteiger partial charge in [0.05, 0.1) is 19.3 Å². The van der Waals surface area contributed by atoms with Crippen LogP contribution >= 0.6 is 0 Å². The van der Waals surface area contributed by atoms with Crippen molar-refractivity contribution in [2.45, 2.75) is 45.9 Å². The number of rotatable bonds is 4. The molecule has 2 unspecified atom stereocenters. The number of ether oxygens (including phenoxy) is 1. The molecule has 25 heavy (non-hydrogen) atoms. The summed E-state index contributed by atoms with van der Waals surface area (Å²) < 4.78 is 5.62. The highest BCUT2D eigenvalue weighted by molar-refractivity contribution is 5.78. The van der Waals surface area contributed by atoms with Crippen LogP contribution in [0.5, 0.6) is 0 Å². The number of nitrogens with two attached hydrogens (primary N) is 1. The number of guanidine groups is 1. The first-order valence-electron chi connectivity index (χ1n) is 9.57. The van der Waals surface area contributed by atoms with E-state index < -0.39 is 0 Å². The molecule has 0 bridgehead atoms. The molecule has 2 fully saturated rings. The summed E-state index contributed by atoms with van der Waals surface area (Å²) in [6, 6.07) is 8.73. The third-order valence-electron chi connectivity index (χ3n) is 5.13. The molecule has 2 saturated heterocycles. The quantitative estimate of drug-likeness (QED) is 0.673. The van der Waals surface area contributed by atoms with E-state index in [0.29, 0.717) is 24.5 Å².